The summed E-state index contributed by atoms with van der Waals surface area (Å²) in [6.07, 6.45) is 4.50. The van der Waals surface area contributed by atoms with E-state index in [0.717, 1.165) is 19.1 Å². The predicted molar refractivity (Wildman–Crippen MR) is 54.9 cm³/mol. The van der Waals surface area contributed by atoms with Gasteiger partial charge in [0.05, 0.1) is 0 Å². The van der Waals surface area contributed by atoms with Gasteiger partial charge in [0.2, 0.25) is 11.7 Å². The quantitative estimate of drug-likeness (QED) is 0.730. The first-order chi connectivity index (χ1) is 7.86. The van der Waals surface area contributed by atoms with Crippen LogP contribution in [0.2, 0.25) is 0 Å². The SMILES string of the molecule is O=Cc1ccc(-c2noc(C3CC3)n2)nc1. The van der Waals surface area contributed by atoms with Crippen LogP contribution in [0.25, 0.3) is 11.5 Å². The molecule has 0 spiro atoms. The summed E-state index contributed by atoms with van der Waals surface area (Å²) in [6, 6.07) is 3.40. The van der Waals surface area contributed by atoms with E-state index in [1.165, 1.54) is 6.20 Å². The molecule has 0 N–H and O–H groups in total. The van der Waals surface area contributed by atoms with Gasteiger partial charge in [-0.25, -0.2) is 0 Å². The summed E-state index contributed by atoms with van der Waals surface area (Å²) < 4.78 is 5.13. The molecule has 5 nitrogen and oxygen atoms in total. The van der Waals surface area contributed by atoms with Crippen molar-refractivity contribution in [3.05, 3.63) is 29.8 Å². The standard InChI is InChI=1S/C11H9N3O2/c15-6-7-1-4-9(12-5-7)10-13-11(16-14-10)8-2-3-8/h1,4-6,8H,2-3H2. The molecular weight excluding hydrogens is 206 g/mol. The average molecular weight is 215 g/mol. The Bertz CT molecular complexity index is 514. The van der Waals surface area contributed by atoms with Crippen LogP contribution in [0, 0.1) is 0 Å². The lowest BCUT2D eigenvalue weighted by Crippen LogP contribution is -1.88. The van der Waals surface area contributed by atoms with E-state index in [-0.39, 0.29) is 0 Å². The smallest absolute Gasteiger partial charge is 0.230 e. The Morgan fingerprint density at radius 2 is 2.25 bits per heavy atom. The second-order valence-electron chi connectivity index (χ2n) is 3.83. The molecule has 0 amide bonds. The molecule has 0 bridgehead atoms. The summed E-state index contributed by atoms with van der Waals surface area (Å²) >= 11 is 0. The van der Waals surface area contributed by atoms with Gasteiger partial charge in [0, 0.05) is 17.7 Å². The fourth-order valence-electron chi connectivity index (χ4n) is 1.44. The van der Waals surface area contributed by atoms with Crippen LogP contribution < -0.4 is 0 Å². The van der Waals surface area contributed by atoms with Crippen molar-refractivity contribution in [1.29, 1.82) is 0 Å². The zero-order valence-corrected chi connectivity index (χ0v) is 8.46. The normalized spacial score (nSPS) is 15.0. The summed E-state index contributed by atoms with van der Waals surface area (Å²) in [5.41, 5.74) is 1.16. The molecule has 2 aromatic rings. The van der Waals surface area contributed by atoms with Gasteiger partial charge in [-0.2, -0.15) is 4.98 Å². The van der Waals surface area contributed by atoms with E-state index >= 15 is 0 Å². The molecule has 80 valence electrons. The zero-order valence-electron chi connectivity index (χ0n) is 8.46. The van der Waals surface area contributed by atoms with Gasteiger partial charge in [0.25, 0.3) is 0 Å². The molecule has 1 aliphatic rings. The van der Waals surface area contributed by atoms with E-state index in [4.69, 9.17) is 4.52 Å². The van der Waals surface area contributed by atoms with Crippen molar-refractivity contribution in [3.8, 4) is 11.5 Å². The molecule has 3 rings (SSSR count). The first kappa shape index (κ1) is 9.21. The highest BCUT2D eigenvalue weighted by molar-refractivity contribution is 5.74. The minimum absolute atomic E-state index is 0.440. The molecule has 2 aromatic heterocycles. The van der Waals surface area contributed by atoms with Gasteiger partial charge < -0.3 is 4.52 Å². The third-order valence-corrected chi connectivity index (χ3v) is 2.52. The Morgan fingerprint density at radius 1 is 1.38 bits per heavy atom. The van der Waals surface area contributed by atoms with E-state index < -0.39 is 0 Å². The van der Waals surface area contributed by atoms with Crippen molar-refractivity contribution in [1.82, 2.24) is 15.1 Å². The first-order valence-corrected chi connectivity index (χ1v) is 5.12. The Kier molecular flexibility index (Phi) is 2.02. The molecule has 1 fully saturated rings. The summed E-state index contributed by atoms with van der Waals surface area (Å²) in [5.74, 6) is 1.62. The van der Waals surface area contributed by atoms with Gasteiger partial charge in [-0.15, -0.1) is 0 Å². The lowest BCUT2D eigenvalue weighted by Gasteiger charge is -1.92. The number of nitrogens with zero attached hydrogens (tertiary/aromatic N) is 3. The van der Waals surface area contributed by atoms with Crippen molar-refractivity contribution >= 4 is 6.29 Å². The third kappa shape index (κ3) is 1.60. The molecule has 2 heterocycles. The van der Waals surface area contributed by atoms with Gasteiger partial charge in [-0.1, -0.05) is 5.16 Å². The van der Waals surface area contributed by atoms with E-state index in [1.54, 1.807) is 12.1 Å². The topological polar surface area (TPSA) is 68.9 Å². The van der Waals surface area contributed by atoms with Crippen LogP contribution in [0.4, 0.5) is 0 Å². The zero-order chi connectivity index (χ0) is 11.0. The summed E-state index contributed by atoms with van der Waals surface area (Å²) in [7, 11) is 0. The molecule has 1 saturated carbocycles. The van der Waals surface area contributed by atoms with Crippen molar-refractivity contribution in [2.45, 2.75) is 18.8 Å². The molecule has 5 heteroatoms. The fraction of sp³-hybridized carbons (Fsp3) is 0.273. The summed E-state index contributed by atoms with van der Waals surface area (Å²) in [5, 5.41) is 3.87. The minimum atomic E-state index is 0.440. The van der Waals surface area contributed by atoms with Gasteiger partial charge in [-0.3, -0.25) is 9.78 Å². The van der Waals surface area contributed by atoms with Gasteiger partial charge in [-0.05, 0) is 25.0 Å². The number of rotatable bonds is 3. The number of aldehydes is 1. The van der Waals surface area contributed by atoms with Gasteiger partial charge in [0.1, 0.15) is 5.69 Å². The number of hydrogen-bond acceptors (Lipinski definition) is 5. The Morgan fingerprint density at radius 3 is 2.88 bits per heavy atom. The number of hydrogen-bond donors (Lipinski definition) is 0. The largest absolute Gasteiger partial charge is 0.339 e. The molecule has 1 aliphatic carbocycles. The molecular formula is C11H9N3O2. The Labute approximate surface area is 91.5 Å². The van der Waals surface area contributed by atoms with Crippen LogP contribution in [0.1, 0.15) is 35.0 Å². The van der Waals surface area contributed by atoms with Crippen LogP contribution in [0.15, 0.2) is 22.9 Å². The van der Waals surface area contributed by atoms with Crippen LogP contribution in [0.5, 0.6) is 0 Å². The van der Waals surface area contributed by atoms with Crippen molar-refractivity contribution in [2.75, 3.05) is 0 Å². The maximum Gasteiger partial charge on any atom is 0.230 e. The molecule has 0 aromatic carbocycles. The monoisotopic (exact) mass is 215 g/mol. The highest BCUT2D eigenvalue weighted by atomic mass is 16.5. The third-order valence-electron chi connectivity index (χ3n) is 2.52. The Balaban J connectivity index is 1.91. The van der Waals surface area contributed by atoms with E-state index in [1.807, 2.05) is 0 Å². The second kappa shape index (κ2) is 3.52. The number of carbonyl (C=O) groups excluding carboxylic acids is 1. The lowest BCUT2D eigenvalue weighted by molar-refractivity contribution is 0.112. The van der Waals surface area contributed by atoms with Gasteiger partial charge >= 0.3 is 0 Å². The predicted octanol–water partition coefficient (Wildman–Crippen LogP) is 1.82. The molecule has 0 unspecified atom stereocenters. The molecule has 0 aliphatic heterocycles. The molecule has 0 radical (unpaired) electrons. The minimum Gasteiger partial charge on any atom is -0.339 e. The maximum atomic E-state index is 10.5. The van der Waals surface area contributed by atoms with Crippen molar-refractivity contribution in [2.24, 2.45) is 0 Å². The summed E-state index contributed by atoms with van der Waals surface area (Å²) in [4.78, 5) is 18.8. The fourth-order valence-corrected chi connectivity index (χ4v) is 1.44. The summed E-state index contributed by atoms with van der Waals surface area (Å²) in [6.45, 7) is 0. The lowest BCUT2D eigenvalue weighted by atomic mass is 10.2. The molecule has 0 saturated heterocycles. The maximum absolute atomic E-state index is 10.5. The highest BCUT2D eigenvalue weighted by Crippen LogP contribution is 2.39. The van der Waals surface area contributed by atoms with Crippen LogP contribution in [-0.2, 0) is 0 Å². The van der Waals surface area contributed by atoms with E-state index in [2.05, 4.69) is 15.1 Å². The van der Waals surface area contributed by atoms with Crippen LogP contribution >= 0.6 is 0 Å². The van der Waals surface area contributed by atoms with E-state index in [0.29, 0.717) is 28.9 Å². The molecule has 0 atom stereocenters. The van der Waals surface area contributed by atoms with Crippen molar-refractivity contribution < 1.29 is 9.32 Å². The van der Waals surface area contributed by atoms with E-state index in [9.17, 15) is 4.79 Å². The highest BCUT2D eigenvalue weighted by Gasteiger charge is 2.29. The van der Waals surface area contributed by atoms with Crippen molar-refractivity contribution in [3.63, 3.8) is 0 Å². The van der Waals surface area contributed by atoms with Gasteiger partial charge in [0.15, 0.2) is 6.29 Å². The number of pyridine rings is 1. The second-order valence-corrected chi connectivity index (χ2v) is 3.83. The van der Waals surface area contributed by atoms with Crippen LogP contribution in [0.3, 0.4) is 0 Å². The Hall–Kier alpha value is -2.04. The van der Waals surface area contributed by atoms with Crippen LogP contribution in [-0.4, -0.2) is 21.4 Å². The number of aromatic nitrogens is 3. The molecule has 16 heavy (non-hydrogen) atoms. The average Bonchev–Trinajstić information content (AvgIpc) is 3.08. The first-order valence-electron chi connectivity index (χ1n) is 5.12. The number of carbonyl (C=O) groups is 1.